The zero-order valence-electron chi connectivity index (χ0n) is 21.0. The van der Waals surface area contributed by atoms with Gasteiger partial charge >= 0.3 is 12.1 Å². The molecule has 1 aliphatic heterocycles. The number of phenols is 1. The highest BCUT2D eigenvalue weighted by molar-refractivity contribution is 9.10. The van der Waals surface area contributed by atoms with Crippen molar-refractivity contribution in [3.05, 3.63) is 57.2 Å². The molecule has 0 amide bonds. The topological polar surface area (TPSA) is 98.1 Å². The second-order valence-electron chi connectivity index (χ2n) is 8.85. The van der Waals surface area contributed by atoms with E-state index in [1.165, 1.54) is 4.57 Å². The van der Waals surface area contributed by atoms with Crippen LogP contribution in [0.1, 0.15) is 34.1 Å². The van der Waals surface area contributed by atoms with E-state index in [0.29, 0.717) is 53.3 Å². The Morgan fingerprint density at radius 3 is 2.49 bits per heavy atom. The Bertz CT molecular complexity index is 1490. The van der Waals surface area contributed by atoms with Crippen molar-refractivity contribution in [2.24, 2.45) is 7.05 Å². The van der Waals surface area contributed by atoms with E-state index >= 15 is 0 Å². The number of nitrogens with zero attached hydrogens (tertiary/aromatic N) is 2. The van der Waals surface area contributed by atoms with Gasteiger partial charge in [-0.15, -0.1) is 12.4 Å². The number of benzene rings is 2. The Labute approximate surface area is 238 Å². The van der Waals surface area contributed by atoms with E-state index in [4.69, 9.17) is 9.47 Å². The predicted octanol–water partition coefficient (Wildman–Crippen LogP) is 5.07. The Hall–Kier alpha value is -2.32. The fourth-order valence-electron chi connectivity index (χ4n) is 4.54. The fraction of sp³-hybridized carbons (Fsp3) is 0.400. The van der Waals surface area contributed by atoms with Gasteiger partial charge in [-0.3, -0.25) is 4.90 Å². The van der Waals surface area contributed by atoms with Crippen molar-refractivity contribution in [1.29, 1.82) is 0 Å². The summed E-state index contributed by atoms with van der Waals surface area (Å²) in [7, 11) is -2.77. The summed E-state index contributed by atoms with van der Waals surface area (Å²) in [5, 5.41) is 11.3. The van der Waals surface area contributed by atoms with E-state index < -0.39 is 38.2 Å². The fourth-order valence-corrected chi connectivity index (χ4v) is 6.45. The molecule has 1 aliphatic rings. The van der Waals surface area contributed by atoms with Gasteiger partial charge in [0.15, 0.2) is 9.84 Å². The SMILES string of the molecule is CCOC(=O)c1c(CS(=O)(=O)c2cccc(C(F)(F)F)c2)n(C)c2cc(Br)c(O)c(CN3CCOCC3)c12.Cl. The molecule has 1 N–H and O–H groups in total. The molecule has 214 valence electrons. The lowest BCUT2D eigenvalue weighted by atomic mass is 10.0. The molecule has 2 aromatic carbocycles. The lowest BCUT2D eigenvalue weighted by molar-refractivity contribution is -0.137. The first-order valence-corrected chi connectivity index (χ1v) is 14.2. The van der Waals surface area contributed by atoms with Crippen LogP contribution in [0.2, 0.25) is 0 Å². The minimum Gasteiger partial charge on any atom is -0.506 e. The first kappa shape index (κ1) is 31.2. The molecular formula is C25H27BrClF3N2O6S. The number of ether oxygens (including phenoxy) is 2. The molecule has 2 heterocycles. The Kier molecular flexibility index (Phi) is 9.64. The number of carbonyl (C=O) groups is 1. The van der Waals surface area contributed by atoms with Crippen LogP contribution in [0, 0.1) is 0 Å². The van der Waals surface area contributed by atoms with E-state index in [2.05, 4.69) is 15.9 Å². The van der Waals surface area contributed by atoms with Crippen molar-refractivity contribution in [3.8, 4) is 5.75 Å². The molecule has 1 aromatic heterocycles. The van der Waals surface area contributed by atoms with Crippen molar-refractivity contribution in [2.45, 2.75) is 30.3 Å². The zero-order chi connectivity index (χ0) is 27.8. The van der Waals surface area contributed by atoms with Gasteiger partial charge in [0.1, 0.15) is 5.75 Å². The van der Waals surface area contributed by atoms with Crippen molar-refractivity contribution < 1.29 is 41.0 Å². The summed E-state index contributed by atoms with van der Waals surface area (Å²) in [6.45, 7) is 4.04. The summed E-state index contributed by atoms with van der Waals surface area (Å²) in [5.41, 5.74) is -0.252. The molecule has 0 bridgehead atoms. The first-order valence-electron chi connectivity index (χ1n) is 11.7. The Morgan fingerprint density at radius 2 is 1.87 bits per heavy atom. The third kappa shape index (κ3) is 6.37. The van der Waals surface area contributed by atoms with Crippen LogP contribution < -0.4 is 0 Å². The third-order valence-electron chi connectivity index (χ3n) is 6.45. The van der Waals surface area contributed by atoms with Crippen molar-refractivity contribution in [3.63, 3.8) is 0 Å². The molecule has 1 saturated heterocycles. The Balaban J connectivity index is 0.00000420. The molecule has 39 heavy (non-hydrogen) atoms. The number of phenolic OH excluding ortho intramolecular Hbond substituents is 1. The van der Waals surface area contributed by atoms with Crippen LogP contribution in [0.15, 0.2) is 39.7 Å². The number of hydrogen-bond acceptors (Lipinski definition) is 7. The molecule has 0 saturated carbocycles. The van der Waals surface area contributed by atoms with E-state index in [0.717, 1.165) is 18.2 Å². The number of halogens is 5. The van der Waals surface area contributed by atoms with Gasteiger partial charge in [0.05, 0.1) is 51.6 Å². The molecule has 0 unspecified atom stereocenters. The van der Waals surface area contributed by atoms with E-state index in [1.54, 1.807) is 20.0 Å². The number of fused-ring (bicyclic) bond motifs is 1. The quantitative estimate of drug-likeness (QED) is 0.355. The molecule has 0 atom stereocenters. The van der Waals surface area contributed by atoms with Gasteiger partial charge in [-0.1, -0.05) is 6.07 Å². The van der Waals surface area contributed by atoms with Gasteiger partial charge in [-0.05, 0) is 47.1 Å². The molecule has 14 heteroatoms. The minimum atomic E-state index is -4.72. The van der Waals surface area contributed by atoms with Crippen LogP contribution in [0.5, 0.6) is 5.75 Å². The number of alkyl halides is 3. The van der Waals surface area contributed by atoms with Crippen LogP contribution in [0.3, 0.4) is 0 Å². The van der Waals surface area contributed by atoms with Gasteiger partial charge in [0.25, 0.3) is 0 Å². The molecule has 0 aliphatic carbocycles. The largest absolute Gasteiger partial charge is 0.506 e. The number of carbonyl (C=O) groups excluding carboxylic acids is 1. The molecule has 0 spiro atoms. The minimum absolute atomic E-state index is 0. The normalized spacial score (nSPS) is 14.8. The number of aromatic hydroxyl groups is 1. The lowest BCUT2D eigenvalue weighted by Crippen LogP contribution is -2.35. The van der Waals surface area contributed by atoms with Crippen LogP contribution >= 0.6 is 28.3 Å². The van der Waals surface area contributed by atoms with Gasteiger partial charge in [-0.25, -0.2) is 13.2 Å². The van der Waals surface area contributed by atoms with Crippen LogP contribution in [0.4, 0.5) is 13.2 Å². The van der Waals surface area contributed by atoms with Crippen molar-refractivity contribution in [1.82, 2.24) is 9.47 Å². The van der Waals surface area contributed by atoms with Gasteiger partial charge in [-0.2, -0.15) is 13.2 Å². The summed E-state index contributed by atoms with van der Waals surface area (Å²) >= 11 is 3.34. The van der Waals surface area contributed by atoms with E-state index in [1.807, 2.05) is 4.90 Å². The highest BCUT2D eigenvalue weighted by Crippen LogP contribution is 2.41. The molecule has 3 aromatic rings. The smallest absolute Gasteiger partial charge is 0.416 e. The highest BCUT2D eigenvalue weighted by Gasteiger charge is 2.34. The highest BCUT2D eigenvalue weighted by atomic mass is 79.9. The number of aromatic nitrogens is 1. The zero-order valence-corrected chi connectivity index (χ0v) is 24.3. The number of hydrogen-bond donors (Lipinski definition) is 1. The maximum atomic E-state index is 13.4. The molecule has 8 nitrogen and oxygen atoms in total. The number of sulfone groups is 1. The van der Waals surface area contributed by atoms with Gasteiger partial charge < -0.3 is 19.1 Å². The standard InChI is InChI=1S/C25H26BrF3N2O6S.ClH/c1-3-37-24(33)22-20(14-38(34,35)16-6-4-5-15(11-16)25(27,28)29)30(2)19-12-18(26)23(32)17(21(19)22)13-31-7-9-36-10-8-31;/h4-6,11-12,32H,3,7-10,13-14H2,1-2H3;1H. The van der Waals surface area contributed by atoms with E-state index in [-0.39, 0.29) is 42.6 Å². The molecule has 4 rings (SSSR count). The maximum absolute atomic E-state index is 13.4. The summed E-state index contributed by atoms with van der Waals surface area (Å²) in [5.74, 6) is -1.66. The molecule has 1 fully saturated rings. The first-order chi connectivity index (χ1) is 17.8. The van der Waals surface area contributed by atoms with Gasteiger partial charge in [0, 0.05) is 43.3 Å². The summed E-state index contributed by atoms with van der Waals surface area (Å²) in [6, 6.07) is 5.05. The third-order valence-corrected chi connectivity index (χ3v) is 8.68. The predicted molar refractivity (Wildman–Crippen MR) is 144 cm³/mol. The van der Waals surface area contributed by atoms with Crippen LogP contribution in [-0.2, 0) is 44.8 Å². The number of aryl methyl sites for hydroxylation is 1. The summed E-state index contributed by atoms with van der Waals surface area (Å²) < 4.78 is 79.0. The van der Waals surface area contributed by atoms with Gasteiger partial charge in [0.2, 0.25) is 0 Å². The molecule has 0 radical (unpaired) electrons. The second kappa shape index (κ2) is 12.0. The van der Waals surface area contributed by atoms with Crippen molar-refractivity contribution >= 4 is 55.0 Å². The summed E-state index contributed by atoms with van der Waals surface area (Å²) in [4.78, 5) is 14.7. The Morgan fingerprint density at radius 1 is 1.21 bits per heavy atom. The number of esters is 1. The number of rotatable bonds is 7. The molecular weight excluding hydrogens is 629 g/mol. The monoisotopic (exact) mass is 654 g/mol. The maximum Gasteiger partial charge on any atom is 0.416 e. The van der Waals surface area contributed by atoms with Crippen LogP contribution in [0.25, 0.3) is 10.9 Å². The van der Waals surface area contributed by atoms with Crippen molar-refractivity contribution in [2.75, 3.05) is 32.9 Å². The number of morpholine rings is 1. The average molecular weight is 656 g/mol. The average Bonchev–Trinajstić information content (AvgIpc) is 3.13. The van der Waals surface area contributed by atoms with Crippen LogP contribution in [-0.4, -0.2) is 61.9 Å². The van der Waals surface area contributed by atoms with E-state index in [9.17, 15) is 31.5 Å². The lowest BCUT2D eigenvalue weighted by Gasteiger charge is -2.27. The second-order valence-corrected chi connectivity index (χ2v) is 11.7. The summed E-state index contributed by atoms with van der Waals surface area (Å²) in [6.07, 6.45) is -4.72.